The van der Waals surface area contributed by atoms with E-state index in [1.54, 1.807) is 0 Å². The smallest absolute Gasteiger partial charge is 0.153 e. The van der Waals surface area contributed by atoms with Gasteiger partial charge in [-0.2, -0.15) is 5.10 Å². The zero-order valence-corrected chi connectivity index (χ0v) is 12.8. The highest BCUT2D eigenvalue weighted by Crippen LogP contribution is 2.31. The first-order valence-corrected chi connectivity index (χ1v) is 7.81. The van der Waals surface area contributed by atoms with E-state index in [0.29, 0.717) is 11.6 Å². The van der Waals surface area contributed by atoms with Gasteiger partial charge in [0.2, 0.25) is 0 Å². The van der Waals surface area contributed by atoms with Gasteiger partial charge in [0, 0.05) is 11.8 Å². The number of benzene rings is 1. The fourth-order valence-electron chi connectivity index (χ4n) is 3.22. The van der Waals surface area contributed by atoms with Crippen molar-refractivity contribution in [1.29, 1.82) is 0 Å². The molecule has 1 aromatic carbocycles. The number of aromatic nitrogens is 2. The van der Waals surface area contributed by atoms with Crippen molar-refractivity contribution in [3.63, 3.8) is 0 Å². The number of hydrogen-bond acceptors (Lipinski definition) is 2. The molecule has 2 aromatic rings. The van der Waals surface area contributed by atoms with Crippen LogP contribution in [0.1, 0.15) is 59.6 Å². The molecule has 3 rings (SSSR count). The van der Waals surface area contributed by atoms with Crippen LogP contribution in [0.5, 0.6) is 0 Å². The first-order valence-electron chi connectivity index (χ1n) is 7.81. The SMILES string of the molecule is Cc1ccc(C)c(-c2nn(C3CCCCC3)cc2C=O)c1. The minimum atomic E-state index is 0.455. The number of hydrogen-bond donors (Lipinski definition) is 0. The van der Waals surface area contributed by atoms with Gasteiger partial charge in [0.15, 0.2) is 6.29 Å². The molecular weight excluding hydrogens is 260 g/mol. The molecule has 21 heavy (non-hydrogen) atoms. The molecule has 0 spiro atoms. The number of nitrogens with zero attached hydrogens (tertiary/aromatic N) is 2. The highest BCUT2D eigenvalue weighted by Gasteiger charge is 2.20. The maximum atomic E-state index is 11.4. The van der Waals surface area contributed by atoms with E-state index in [1.807, 2.05) is 10.9 Å². The van der Waals surface area contributed by atoms with E-state index in [0.717, 1.165) is 23.1 Å². The van der Waals surface area contributed by atoms with Crippen LogP contribution in [-0.4, -0.2) is 16.1 Å². The van der Waals surface area contributed by atoms with Crippen LogP contribution in [0, 0.1) is 13.8 Å². The predicted molar refractivity (Wildman–Crippen MR) is 84.6 cm³/mol. The van der Waals surface area contributed by atoms with Gasteiger partial charge in [-0.25, -0.2) is 0 Å². The summed E-state index contributed by atoms with van der Waals surface area (Å²) in [5, 5.41) is 4.76. The Labute approximate surface area is 126 Å². The highest BCUT2D eigenvalue weighted by atomic mass is 16.1. The first-order chi connectivity index (χ1) is 10.2. The molecule has 0 unspecified atom stereocenters. The van der Waals surface area contributed by atoms with Crippen LogP contribution in [0.15, 0.2) is 24.4 Å². The summed E-state index contributed by atoms with van der Waals surface area (Å²) in [6.07, 6.45) is 9.06. The molecule has 3 nitrogen and oxygen atoms in total. The Morgan fingerprint density at radius 3 is 2.67 bits per heavy atom. The van der Waals surface area contributed by atoms with Gasteiger partial charge in [0.25, 0.3) is 0 Å². The Bertz CT molecular complexity index is 651. The van der Waals surface area contributed by atoms with Crippen LogP contribution < -0.4 is 0 Å². The molecule has 0 N–H and O–H groups in total. The molecule has 0 saturated heterocycles. The van der Waals surface area contributed by atoms with Gasteiger partial charge in [-0.3, -0.25) is 9.48 Å². The monoisotopic (exact) mass is 282 g/mol. The predicted octanol–water partition coefficient (Wildman–Crippen LogP) is 4.48. The maximum absolute atomic E-state index is 11.4. The van der Waals surface area contributed by atoms with Crippen molar-refractivity contribution in [2.75, 3.05) is 0 Å². The fourth-order valence-corrected chi connectivity index (χ4v) is 3.22. The normalized spacial score (nSPS) is 16.1. The maximum Gasteiger partial charge on any atom is 0.153 e. The Morgan fingerprint density at radius 2 is 1.95 bits per heavy atom. The lowest BCUT2D eigenvalue weighted by Crippen LogP contribution is -2.13. The molecule has 1 fully saturated rings. The van der Waals surface area contributed by atoms with Crippen molar-refractivity contribution in [3.05, 3.63) is 41.1 Å². The summed E-state index contributed by atoms with van der Waals surface area (Å²) >= 11 is 0. The zero-order chi connectivity index (χ0) is 14.8. The molecule has 1 aliphatic carbocycles. The standard InChI is InChI=1S/C18H22N2O/c1-13-8-9-14(2)17(10-13)18-15(12-21)11-20(19-18)16-6-4-3-5-7-16/h8-12,16H,3-7H2,1-2H3. The van der Waals surface area contributed by atoms with E-state index in [9.17, 15) is 4.79 Å². The summed E-state index contributed by atoms with van der Waals surface area (Å²) in [5.74, 6) is 0. The first kappa shape index (κ1) is 14.1. The molecule has 1 saturated carbocycles. The van der Waals surface area contributed by atoms with Gasteiger partial charge in [-0.05, 0) is 38.3 Å². The van der Waals surface area contributed by atoms with Gasteiger partial charge in [-0.1, -0.05) is 37.0 Å². The van der Waals surface area contributed by atoms with Crippen molar-refractivity contribution in [3.8, 4) is 11.3 Å². The van der Waals surface area contributed by atoms with Crippen LogP contribution in [-0.2, 0) is 0 Å². The highest BCUT2D eigenvalue weighted by molar-refractivity contribution is 5.86. The summed E-state index contributed by atoms with van der Waals surface area (Å²) < 4.78 is 2.03. The Kier molecular flexibility index (Phi) is 3.91. The summed E-state index contributed by atoms with van der Waals surface area (Å²) in [6, 6.07) is 6.77. The minimum Gasteiger partial charge on any atom is -0.298 e. The van der Waals surface area contributed by atoms with Gasteiger partial charge in [0.1, 0.15) is 5.69 Å². The minimum absolute atomic E-state index is 0.455. The van der Waals surface area contributed by atoms with Gasteiger partial charge in [0.05, 0.1) is 11.6 Å². The largest absolute Gasteiger partial charge is 0.298 e. The van der Waals surface area contributed by atoms with E-state index >= 15 is 0 Å². The molecule has 1 heterocycles. The van der Waals surface area contributed by atoms with E-state index in [2.05, 4.69) is 32.0 Å². The van der Waals surface area contributed by atoms with E-state index in [-0.39, 0.29) is 0 Å². The summed E-state index contributed by atoms with van der Waals surface area (Å²) in [4.78, 5) is 11.4. The second-order valence-corrected chi connectivity index (χ2v) is 6.14. The van der Waals surface area contributed by atoms with E-state index in [1.165, 1.54) is 37.7 Å². The number of carbonyl (C=O) groups excluding carboxylic acids is 1. The van der Waals surface area contributed by atoms with Crippen molar-refractivity contribution < 1.29 is 4.79 Å². The van der Waals surface area contributed by atoms with Gasteiger partial charge < -0.3 is 0 Å². The van der Waals surface area contributed by atoms with Crippen LogP contribution in [0.3, 0.4) is 0 Å². The van der Waals surface area contributed by atoms with Crippen LogP contribution in [0.25, 0.3) is 11.3 Å². The van der Waals surface area contributed by atoms with Crippen molar-refractivity contribution in [1.82, 2.24) is 9.78 Å². The zero-order valence-electron chi connectivity index (χ0n) is 12.8. The molecule has 110 valence electrons. The molecule has 1 aliphatic rings. The lowest BCUT2D eigenvalue weighted by atomic mass is 9.96. The summed E-state index contributed by atoms with van der Waals surface area (Å²) in [6.45, 7) is 4.14. The molecule has 0 radical (unpaired) electrons. The Morgan fingerprint density at radius 1 is 1.19 bits per heavy atom. The second-order valence-electron chi connectivity index (χ2n) is 6.14. The van der Waals surface area contributed by atoms with Crippen molar-refractivity contribution >= 4 is 6.29 Å². The van der Waals surface area contributed by atoms with Crippen LogP contribution in [0.4, 0.5) is 0 Å². The molecule has 0 aliphatic heterocycles. The molecule has 0 amide bonds. The molecule has 1 aromatic heterocycles. The third-order valence-electron chi connectivity index (χ3n) is 4.48. The van der Waals surface area contributed by atoms with Gasteiger partial charge in [-0.15, -0.1) is 0 Å². The average Bonchev–Trinajstić information content (AvgIpc) is 2.94. The molecular formula is C18H22N2O. The third kappa shape index (κ3) is 2.78. The van der Waals surface area contributed by atoms with Crippen molar-refractivity contribution in [2.45, 2.75) is 52.0 Å². The third-order valence-corrected chi connectivity index (χ3v) is 4.48. The van der Waals surface area contributed by atoms with Crippen LogP contribution in [0.2, 0.25) is 0 Å². The number of aldehydes is 1. The Hall–Kier alpha value is -1.90. The quantitative estimate of drug-likeness (QED) is 0.778. The van der Waals surface area contributed by atoms with E-state index < -0.39 is 0 Å². The number of carbonyl (C=O) groups is 1. The molecule has 0 atom stereocenters. The van der Waals surface area contributed by atoms with Crippen LogP contribution >= 0.6 is 0 Å². The second kappa shape index (κ2) is 5.84. The lowest BCUT2D eigenvalue weighted by molar-refractivity contribution is 0.112. The topological polar surface area (TPSA) is 34.9 Å². The lowest BCUT2D eigenvalue weighted by Gasteiger charge is -2.21. The van der Waals surface area contributed by atoms with E-state index in [4.69, 9.17) is 5.10 Å². The Balaban J connectivity index is 2.03. The number of aryl methyl sites for hydroxylation is 2. The fraction of sp³-hybridized carbons (Fsp3) is 0.444. The van der Waals surface area contributed by atoms with Crippen molar-refractivity contribution in [2.24, 2.45) is 0 Å². The summed E-state index contributed by atoms with van der Waals surface area (Å²) in [5.41, 5.74) is 4.97. The molecule has 0 bridgehead atoms. The number of rotatable bonds is 3. The summed E-state index contributed by atoms with van der Waals surface area (Å²) in [7, 11) is 0. The van der Waals surface area contributed by atoms with Gasteiger partial charge >= 0.3 is 0 Å². The molecule has 3 heteroatoms. The average molecular weight is 282 g/mol.